The van der Waals surface area contributed by atoms with Crippen molar-refractivity contribution in [2.75, 3.05) is 0 Å². The van der Waals surface area contributed by atoms with Crippen LogP contribution >= 0.6 is 23.2 Å². The van der Waals surface area contributed by atoms with E-state index >= 15 is 0 Å². The summed E-state index contributed by atoms with van der Waals surface area (Å²) >= 11 is 11.7. The lowest BCUT2D eigenvalue weighted by Crippen LogP contribution is -1.93. The third-order valence-corrected chi connectivity index (χ3v) is 3.48. The summed E-state index contributed by atoms with van der Waals surface area (Å²) in [5, 5.41) is 0.533. The third-order valence-electron chi connectivity index (χ3n) is 2.76. The Bertz CT molecular complexity index is 804. The minimum absolute atomic E-state index is 0.0113. The van der Waals surface area contributed by atoms with Gasteiger partial charge in [0.05, 0.1) is 0 Å². The highest BCUT2D eigenvalue weighted by molar-refractivity contribution is 6.41. The van der Waals surface area contributed by atoms with Gasteiger partial charge in [0.25, 0.3) is 0 Å². The van der Waals surface area contributed by atoms with Gasteiger partial charge in [-0.25, -0.2) is 14.4 Å². The van der Waals surface area contributed by atoms with Crippen LogP contribution in [0.2, 0.25) is 10.2 Å². The molecule has 2 aromatic heterocycles. The molecule has 0 amide bonds. The van der Waals surface area contributed by atoms with E-state index in [-0.39, 0.29) is 21.8 Å². The quantitative estimate of drug-likeness (QED) is 0.709. The Morgan fingerprint density at radius 3 is 2.85 bits per heavy atom. The first-order valence-electron chi connectivity index (χ1n) is 5.68. The molecule has 0 fully saturated rings. The van der Waals surface area contributed by atoms with E-state index in [0.717, 1.165) is 5.69 Å². The molecule has 0 saturated heterocycles. The van der Waals surface area contributed by atoms with Gasteiger partial charge in [0, 0.05) is 16.6 Å². The van der Waals surface area contributed by atoms with Crippen LogP contribution in [-0.2, 0) is 0 Å². The first-order chi connectivity index (χ1) is 9.56. The Labute approximate surface area is 123 Å². The van der Waals surface area contributed by atoms with Crippen LogP contribution in [0.1, 0.15) is 5.69 Å². The summed E-state index contributed by atoms with van der Waals surface area (Å²) in [6.07, 6.45) is 1.19. The molecular weight excluding hydrogens is 304 g/mol. The number of halogens is 3. The second-order valence-electron chi connectivity index (χ2n) is 4.18. The normalized spacial score (nSPS) is 11.0. The Balaban J connectivity index is 2.06. The van der Waals surface area contributed by atoms with Gasteiger partial charge in [-0.15, -0.1) is 0 Å². The van der Waals surface area contributed by atoms with Crippen molar-refractivity contribution in [2.24, 2.45) is 0 Å². The topological polar surface area (TPSA) is 50.8 Å². The molecule has 0 bridgehead atoms. The second-order valence-corrected chi connectivity index (χ2v) is 4.91. The van der Waals surface area contributed by atoms with Crippen LogP contribution in [0.5, 0.6) is 11.6 Å². The van der Waals surface area contributed by atoms with Crippen LogP contribution in [0.4, 0.5) is 4.39 Å². The van der Waals surface area contributed by atoms with E-state index in [0.29, 0.717) is 10.9 Å². The minimum Gasteiger partial charge on any atom is -0.434 e. The molecule has 0 saturated carbocycles. The predicted octanol–water partition coefficient (Wildman–Crippen LogP) is 4.50. The number of aromatic amines is 1. The minimum atomic E-state index is -0.488. The number of benzene rings is 1. The molecular formula is C13H8Cl2FN3O. The molecule has 0 atom stereocenters. The summed E-state index contributed by atoms with van der Waals surface area (Å²) in [6.45, 7) is 1.85. The highest BCUT2D eigenvalue weighted by Gasteiger charge is 2.15. The SMILES string of the molecule is Cc1cc2c(F)c(Oc3ncnc(Cl)c3Cl)ccc2[nH]1. The zero-order valence-corrected chi connectivity index (χ0v) is 11.8. The molecule has 102 valence electrons. The van der Waals surface area contributed by atoms with Crippen molar-refractivity contribution in [3.8, 4) is 11.6 Å². The summed E-state index contributed by atoms with van der Waals surface area (Å²) in [5.74, 6) is -0.456. The molecule has 0 unspecified atom stereocenters. The number of aryl methyl sites for hydroxylation is 1. The first kappa shape index (κ1) is 13.1. The van der Waals surface area contributed by atoms with E-state index in [1.165, 1.54) is 12.4 Å². The van der Waals surface area contributed by atoms with Crippen molar-refractivity contribution in [3.05, 3.63) is 46.2 Å². The lowest BCUT2D eigenvalue weighted by molar-refractivity contribution is 0.430. The summed E-state index contributed by atoms with van der Waals surface area (Å²) in [7, 11) is 0. The van der Waals surface area contributed by atoms with Crippen molar-refractivity contribution in [3.63, 3.8) is 0 Å². The van der Waals surface area contributed by atoms with Gasteiger partial charge in [-0.2, -0.15) is 0 Å². The van der Waals surface area contributed by atoms with E-state index < -0.39 is 5.82 Å². The van der Waals surface area contributed by atoms with Crippen molar-refractivity contribution >= 4 is 34.1 Å². The van der Waals surface area contributed by atoms with Gasteiger partial charge in [-0.1, -0.05) is 23.2 Å². The Hall–Kier alpha value is -1.85. The molecule has 2 heterocycles. The number of nitrogens with one attached hydrogen (secondary N) is 1. The summed E-state index contributed by atoms with van der Waals surface area (Å²) in [5.41, 5.74) is 1.55. The van der Waals surface area contributed by atoms with Crippen LogP contribution in [0, 0.1) is 12.7 Å². The van der Waals surface area contributed by atoms with E-state index in [1.54, 1.807) is 12.1 Å². The molecule has 1 N–H and O–H groups in total. The van der Waals surface area contributed by atoms with Gasteiger partial charge in [0.15, 0.2) is 16.7 Å². The smallest absolute Gasteiger partial charge is 0.242 e. The average molecular weight is 312 g/mol. The van der Waals surface area contributed by atoms with E-state index in [1.807, 2.05) is 6.92 Å². The Morgan fingerprint density at radius 1 is 1.25 bits per heavy atom. The number of aromatic nitrogens is 3. The van der Waals surface area contributed by atoms with Crippen LogP contribution in [0.25, 0.3) is 10.9 Å². The molecule has 0 radical (unpaired) electrons. The average Bonchev–Trinajstić information content (AvgIpc) is 2.80. The standard InChI is InChI=1S/C13H8Cl2FN3O/c1-6-4-7-8(19-6)2-3-9(11(7)16)20-13-10(14)12(15)17-5-18-13/h2-5,19H,1H3. The maximum atomic E-state index is 14.3. The molecule has 0 aliphatic carbocycles. The van der Waals surface area contributed by atoms with Crippen molar-refractivity contribution < 1.29 is 9.13 Å². The molecule has 1 aromatic carbocycles. The zero-order chi connectivity index (χ0) is 14.3. The maximum absolute atomic E-state index is 14.3. The number of nitrogens with zero attached hydrogens (tertiary/aromatic N) is 2. The van der Waals surface area contributed by atoms with Gasteiger partial charge in [-0.3, -0.25) is 0 Å². The number of ether oxygens (including phenoxy) is 1. The van der Waals surface area contributed by atoms with Crippen molar-refractivity contribution in [2.45, 2.75) is 6.92 Å². The lowest BCUT2D eigenvalue weighted by Gasteiger charge is -2.07. The van der Waals surface area contributed by atoms with E-state index in [4.69, 9.17) is 27.9 Å². The van der Waals surface area contributed by atoms with Crippen molar-refractivity contribution in [1.82, 2.24) is 15.0 Å². The van der Waals surface area contributed by atoms with Crippen LogP contribution < -0.4 is 4.74 Å². The number of rotatable bonds is 2. The number of fused-ring (bicyclic) bond motifs is 1. The Kier molecular flexibility index (Phi) is 3.23. The van der Waals surface area contributed by atoms with Crippen molar-refractivity contribution in [1.29, 1.82) is 0 Å². The molecule has 4 nitrogen and oxygen atoms in total. The van der Waals surface area contributed by atoms with Gasteiger partial charge >= 0.3 is 0 Å². The first-order valence-corrected chi connectivity index (χ1v) is 6.43. The molecule has 20 heavy (non-hydrogen) atoms. The van der Waals surface area contributed by atoms with E-state index in [2.05, 4.69) is 15.0 Å². The molecule has 3 aromatic rings. The fraction of sp³-hybridized carbons (Fsp3) is 0.0769. The van der Waals surface area contributed by atoms with Gasteiger partial charge in [0.2, 0.25) is 5.88 Å². The van der Waals surface area contributed by atoms with Crippen LogP contribution in [-0.4, -0.2) is 15.0 Å². The highest BCUT2D eigenvalue weighted by Crippen LogP contribution is 2.34. The lowest BCUT2D eigenvalue weighted by atomic mass is 10.2. The summed E-state index contributed by atoms with van der Waals surface area (Å²) in [4.78, 5) is 10.6. The Morgan fingerprint density at radius 2 is 2.05 bits per heavy atom. The molecule has 0 aliphatic rings. The third kappa shape index (κ3) is 2.19. The number of hydrogen-bond donors (Lipinski definition) is 1. The van der Waals surface area contributed by atoms with E-state index in [9.17, 15) is 4.39 Å². The monoisotopic (exact) mass is 311 g/mol. The van der Waals surface area contributed by atoms with Gasteiger partial charge < -0.3 is 9.72 Å². The maximum Gasteiger partial charge on any atom is 0.242 e. The summed E-state index contributed by atoms with van der Waals surface area (Å²) in [6, 6.07) is 4.92. The van der Waals surface area contributed by atoms with Gasteiger partial charge in [-0.05, 0) is 25.1 Å². The number of H-pyrrole nitrogens is 1. The van der Waals surface area contributed by atoms with Gasteiger partial charge in [0.1, 0.15) is 11.3 Å². The largest absolute Gasteiger partial charge is 0.434 e. The fourth-order valence-corrected chi connectivity index (χ4v) is 2.14. The predicted molar refractivity (Wildman–Crippen MR) is 75.1 cm³/mol. The second kappa shape index (κ2) is 4.92. The molecule has 3 rings (SSSR count). The van der Waals surface area contributed by atoms with Crippen LogP contribution in [0.15, 0.2) is 24.5 Å². The summed E-state index contributed by atoms with van der Waals surface area (Å²) < 4.78 is 19.7. The molecule has 0 aliphatic heterocycles. The highest BCUT2D eigenvalue weighted by atomic mass is 35.5. The molecule has 0 spiro atoms. The number of hydrogen-bond acceptors (Lipinski definition) is 3. The van der Waals surface area contributed by atoms with Crippen LogP contribution in [0.3, 0.4) is 0 Å². The zero-order valence-electron chi connectivity index (χ0n) is 10.2. The fourth-order valence-electron chi connectivity index (χ4n) is 1.88. The molecule has 7 heteroatoms.